The first kappa shape index (κ1) is 22.6. The van der Waals surface area contributed by atoms with Gasteiger partial charge in [-0.3, -0.25) is 4.79 Å². The van der Waals surface area contributed by atoms with E-state index in [0.29, 0.717) is 11.5 Å². The highest BCUT2D eigenvalue weighted by atomic mass is 16.6. The molecular formula is C28H29NO4. The lowest BCUT2D eigenvalue weighted by atomic mass is 9.65. The Balaban J connectivity index is 1.67. The van der Waals surface area contributed by atoms with E-state index in [9.17, 15) is 9.59 Å². The van der Waals surface area contributed by atoms with Gasteiger partial charge in [-0.2, -0.15) is 0 Å². The van der Waals surface area contributed by atoms with Crippen molar-refractivity contribution in [1.29, 1.82) is 0 Å². The third-order valence-electron chi connectivity index (χ3n) is 6.25. The quantitative estimate of drug-likeness (QED) is 0.385. The highest BCUT2D eigenvalue weighted by molar-refractivity contribution is 5.95. The zero-order valence-electron chi connectivity index (χ0n) is 19.5. The van der Waals surface area contributed by atoms with E-state index in [2.05, 4.69) is 32.9 Å². The van der Waals surface area contributed by atoms with E-state index < -0.39 is 11.5 Å². The number of hydrogen-bond acceptors (Lipinski definition) is 4. The van der Waals surface area contributed by atoms with Crippen molar-refractivity contribution in [3.8, 4) is 11.5 Å². The summed E-state index contributed by atoms with van der Waals surface area (Å²) < 4.78 is 11.1. The summed E-state index contributed by atoms with van der Waals surface area (Å²) in [5.41, 5.74) is 2.25. The molecule has 5 nitrogen and oxygen atoms in total. The molecule has 0 saturated carbocycles. The number of amides is 1. The summed E-state index contributed by atoms with van der Waals surface area (Å²) in [6.07, 6.45) is 0.765. The van der Waals surface area contributed by atoms with Crippen LogP contribution in [0.15, 0.2) is 78.9 Å². The lowest BCUT2D eigenvalue weighted by molar-refractivity contribution is -0.136. The van der Waals surface area contributed by atoms with Crippen LogP contribution in [-0.2, 0) is 15.0 Å². The SMILES string of the molecule is CC(=O)N1c2cc(OC(=O)COc3ccccc3)ccc2C(C)(c2ccccc2)CC1(C)C. The van der Waals surface area contributed by atoms with E-state index in [1.54, 1.807) is 31.2 Å². The molecule has 0 spiro atoms. The number of hydrogen-bond donors (Lipinski definition) is 0. The summed E-state index contributed by atoms with van der Waals surface area (Å²) >= 11 is 0. The Morgan fingerprint density at radius 3 is 2.15 bits per heavy atom. The van der Waals surface area contributed by atoms with Crippen LogP contribution in [0.3, 0.4) is 0 Å². The molecule has 1 aliphatic rings. The highest BCUT2D eigenvalue weighted by Gasteiger charge is 2.47. The molecule has 4 rings (SSSR count). The van der Waals surface area contributed by atoms with Crippen LogP contribution in [0.2, 0.25) is 0 Å². The molecule has 1 aliphatic heterocycles. The van der Waals surface area contributed by atoms with Gasteiger partial charge in [-0.15, -0.1) is 0 Å². The number of nitrogens with zero attached hydrogens (tertiary/aromatic N) is 1. The number of rotatable bonds is 5. The first-order valence-corrected chi connectivity index (χ1v) is 11.1. The molecule has 0 fully saturated rings. The number of ether oxygens (including phenoxy) is 2. The molecule has 0 aliphatic carbocycles. The fourth-order valence-corrected chi connectivity index (χ4v) is 5.07. The molecule has 1 heterocycles. The van der Waals surface area contributed by atoms with Crippen LogP contribution in [0, 0.1) is 0 Å². The molecule has 0 bridgehead atoms. The fourth-order valence-electron chi connectivity index (χ4n) is 5.07. The van der Waals surface area contributed by atoms with Crippen molar-refractivity contribution < 1.29 is 19.1 Å². The van der Waals surface area contributed by atoms with Crippen molar-refractivity contribution in [1.82, 2.24) is 0 Å². The third-order valence-corrected chi connectivity index (χ3v) is 6.25. The molecule has 170 valence electrons. The summed E-state index contributed by atoms with van der Waals surface area (Å²) in [7, 11) is 0. The molecule has 0 aromatic heterocycles. The van der Waals surface area contributed by atoms with Gasteiger partial charge in [0.25, 0.3) is 0 Å². The van der Waals surface area contributed by atoms with E-state index in [4.69, 9.17) is 9.47 Å². The molecular weight excluding hydrogens is 414 g/mol. The molecule has 0 radical (unpaired) electrons. The van der Waals surface area contributed by atoms with Crippen molar-refractivity contribution in [3.63, 3.8) is 0 Å². The summed E-state index contributed by atoms with van der Waals surface area (Å²) in [5.74, 6) is 0.430. The standard InChI is InChI=1S/C28H29NO4/c1-20(30)29-25-17-23(33-26(31)18-32-22-13-9-6-10-14-22)15-16-24(25)28(4,19-27(29,2)3)21-11-7-5-8-12-21/h5-17H,18-19H2,1-4H3. The zero-order chi connectivity index (χ0) is 23.6. The Morgan fingerprint density at radius 1 is 0.879 bits per heavy atom. The predicted molar refractivity (Wildman–Crippen MR) is 129 cm³/mol. The third kappa shape index (κ3) is 4.49. The largest absolute Gasteiger partial charge is 0.482 e. The van der Waals surface area contributed by atoms with E-state index in [-0.39, 0.29) is 17.9 Å². The first-order chi connectivity index (χ1) is 15.7. The van der Waals surface area contributed by atoms with Crippen LogP contribution in [0.25, 0.3) is 0 Å². The molecule has 1 atom stereocenters. The minimum atomic E-state index is -0.505. The van der Waals surface area contributed by atoms with Crippen LogP contribution in [0.1, 0.15) is 45.2 Å². The van der Waals surface area contributed by atoms with Crippen molar-refractivity contribution in [2.45, 2.75) is 45.1 Å². The topological polar surface area (TPSA) is 55.8 Å². The van der Waals surface area contributed by atoms with Gasteiger partial charge in [0.05, 0.1) is 5.69 Å². The monoisotopic (exact) mass is 443 g/mol. The Bertz CT molecular complexity index is 1160. The van der Waals surface area contributed by atoms with Crippen LogP contribution in [0.4, 0.5) is 5.69 Å². The van der Waals surface area contributed by atoms with Gasteiger partial charge in [-0.25, -0.2) is 4.79 Å². The minimum Gasteiger partial charge on any atom is -0.482 e. The Labute approximate surface area is 194 Å². The smallest absolute Gasteiger partial charge is 0.349 e. The van der Waals surface area contributed by atoms with Crippen LogP contribution < -0.4 is 14.4 Å². The summed E-state index contributed by atoms with van der Waals surface area (Å²) in [6, 6.07) is 25.0. The van der Waals surface area contributed by atoms with Gasteiger partial charge in [0.15, 0.2) is 6.61 Å². The fraction of sp³-hybridized carbons (Fsp3) is 0.286. The number of benzene rings is 3. The maximum absolute atomic E-state index is 12.7. The first-order valence-electron chi connectivity index (χ1n) is 11.1. The maximum Gasteiger partial charge on any atom is 0.349 e. The maximum atomic E-state index is 12.7. The van der Waals surface area contributed by atoms with Gasteiger partial charge in [0, 0.05) is 23.9 Å². The van der Waals surface area contributed by atoms with Gasteiger partial charge >= 0.3 is 5.97 Å². The zero-order valence-corrected chi connectivity index (χ0v) is 19.5. The molecule has 1 amide bonds. The summed E-state index contributed by atoms with van der Waals surface area (Å²) in [6.45, 7) is 7.73. The van der Waals surface area contributed by atoms with Crippen LogP contribution in [0.5, 0.6) is 11.5 Å². The van der Waals surface area contributed by atoms with Gasteiger partial charge in [0.2, 0.25) is 5.91 Å². The van der Waals surface area contributed by atoms with Crippen molar-refractivity contribution in [2.75, 3.05) is 11.5 Å². The Morgan fingerprint density at radius 2 is 1.52 bits per heavy atom. The van der Waals surface area contributed by atoms with Crippen molar-refractivity contribution >= 4 is 17.6 Å². The van der Waals surface area contributed by atoms with Crippen LogP contribution >= 0.6 is 0 Å². The lowest BCUT2D eigenvalue weighted by Crippen LogP contribution is -2.55. The minimum absolute atomic E-state index is 0.0488. The van der Waals surface area contributed by atoms with E-state index in [1.165, 1.54) is 5.56 Å². The second-order valence-electron chi connectivity index (χ2n) is 9.30. The van der Waals surface area contributed by atoms with Crippen LogP contribution in [-0.4, -0.2) is 24.0 Å². The van der Waals surface area contributed by atoms with Crippen molar-refractivity contribution in [3.05, 3.63) is 90.0 Å². The van der Waals surface area contributed by atoms with E-state index >= 15 is 0 Å². The summed E-state index contributed by atoms with van der Waals surface area (Å²) in [5, 5.41) is 0. The van der Waals surface area contributed by atoms with Gasteiger partial charge in [-0.1, -0.05) is 61.5 Å². The summed E-state index contributed by atoms with van der Waals surface area (Å²) in [4.78, 5) is 26.9. The van der Waals surface area contributed by atoms with Gasteiger partial charge in [0.1, 0.15) is 11.5 Å². The van der Waals surface area contributed by atoms with Crippen molar-refractivity contribution in [2.24, 2.45) is 0 Å². The predicted octanol–water partition coefficient (Wildman–Crippen LogP) is 5.51. The number of carbonyl (C=O) groups is 2. The average molecular weight is 444 g/mol. The second-order valence-corrected chi connectivity index (χ2v) is 9.30. The lowest BCUT2D eigenvalue weighted by Gasteiger charge is -2.51. The number of fused-ring (bicyclic) bond motifs is 1. The molecule has 5 heteroatoms. The highest BCUT2D eigenvalue weighted by Crippen LogP contribution is 2.51. The van der Waals surface area contributed by atoms with Gasteiger partial charge in [-0.05, 0) is 49.6 Å². The normalized spacial score (nSPS) is 18.8. The van der Waals surface area contributed by atoms with Gasteiger partial charge < -0.3 is 14.4 Å². The van der Waals surface area contributed by atoms with E-state index in [0.717, 1.165) is 17.7 Å². The molecule has 3 aromatic carbocycles. The second kappa shape index (κ2) is 8.74. The average Bonchev–Trinajstić information content (AvgIpc) is 2.78. The molecule has 0 saturated heterocycles. The van der Waals surface area contributed by atoms with E-state index in [1.807, 2.05) is 47.4 Å². The Hall–Kier alpha value is -3.60. The Kier molecular flexibility index (Phi) is 5.98. The number of anilines is 1. The molecule has 0 N–H and O–H groups in total. The number of para-hydroxylation sites is 1. The number of carbonyl (C=O) groups excluding carboxylic acids is 2. The molecule has 33 heavy (non-hydrogen) atoms. The molecule has 3 aromatic rings. The number of esters is 1. The molecule has 1 unspecified atom stereocenters.